The van der Waals surface area contributed by atoms with Crippen molar-refractivity contribution in [2.75, 3.05) is 0 Å². The Balaban J connectivity index is 1.54. The van der Waals surface area contributed by atoms with E-state index in [1.807, 2.05) is 41.8 Å². The van der Waals surface area contributed by atoms with Crippen molar-refractivity contribution in [3.8, 4) is 11.3 Å². The van der Waals surface area contributed by atoms with E-state index < -0.39 is 0 Å². The van der Waals surface area contributed by atoms with Gasteiger partial charge in [-0.3, -0.25) is 20.4 Å². The van der Waals surface area contributed by atoms with Crippen LogP contribution in [0, 0.1) is 0 Å². The van der Waals surface area contributed by atoms with E-state index >= 15 is 0 Å². The van der Waals surface area contributed by atoms with E-state index in [1.165, 1.54) is 11.3 Å². The summed E-state index contributed by atoms with van der Waals surface area (Å²) in [5, 5.41) is 2.61. The van der Waals surface area contributed by atoms with Crippen molar-refractivity contribution in [2.45, 2.75) is 6.42 Å². The van der Waals surface area contributed by atoms with Crippen LogP contribution in [0.25, 0.3) is 11.3 Å². The number of hydrazine groups is 1. The number of carbonyl (C=O) groups is 2. The molecule has 0 unspecified atom stereocenters. The van der Waals surface area contributed by atoms with Crippen LogP contribution in [-0.4, -0.2) is 16.8 Å². The molecule has 1 aromatic heterocycles. The largest absolute Gasteiger partial charge is 0.273 e. The molecule has 0 radical (unpaired) electrons. The molecule has 120 valence electrons. The lowest BCUT2D eigenvalue weighted by atomic mass is 10.2. The Kier molecular flexibility index (Phi) is 4.98. The van der Waals surface area contributed by atoms with Crippen molar-refractivity contribution < 1.29 is 9.59 Å². The van der Waals surface area contributed by atoms with E-state index in [1.54, 1.807) is 24.3 Å². The van der Waals surface area contributed by atoms with E-state index in [-0.39, 0.29) is 18.2 Å². The predicted octanol–water partition coefficient (Wildman–Crippen LogP) is 2.81. The summed E-state index contributed by atoms with van der Waals surface area (Å²) in [5.74, 6) is -0.665. The van der Waals surface area contributed by atoms with Gasteiger partial charge in [-0.05, 0) is 12.1 Å². The maximum Gasteiger partial charge on any atom is 0.269 e. The second-order valence-electron chi connectivity index (χ2n) is 5.04. The molecule has 24 heavy (non-hydrogen) atoms. The number of benzene rings is 2. The Bertz CT molecular complexity index is 832. The number of rotatable bonds is 4. The van der Waals surface area contributed by atoms with Crippen LogP contribution in [-0.2, 0) is 11.2 Å². The summed E-state index contributed by atoms with van der Waals surface area (Å²) in [4.78, 5) is 28.2. The predicted molar refractivity (Wildman–Crippen MR) is 93.3 cm³/mol. The van der Waals surface area contributed by atoms with Gasteiger partial charge in [0.1, 0.15) is 5.01 Å². The molecule has 0 aliphatic heterocycles. The Hall–Kier alpha value is -2.99. The second kappa shape index (κ2) is 7.52. The summed E-state index contributed by atoms with van der Waals surface area (Å²) < 4.78 is 0. The summed E-state index contributed by atoms with van der Waals surface area (Å²) >= 11 is 1.42. The highest BCUT2D eigenvalue weighted by Gasteiger charge is 2.10. The summed E-state index contributed by atoms with van der Waals surface area (Å²) in [6, 6.07) is 18.5. The molecular weight excluding hydrogens is 322 g/mol. The van der Waals surface area contributed by atoms with E-state index in [2.05, 4.69) is 15.8 Å². The van der Waals surface area contributed by atoms with Gasteiger partial charge in [0, 0.05) is 16.5 Å². The van der Waals surface area contributed by atoms with Crippen LogP contribution in [0.2, 0.25) is 0 Å². The van der Waals surface area contributed by atoms with Crippen LogP contribution in [0.3, 0.4) is 0 Å². The second-order valence-corrected chi connectivity index (χ2v) is 5.98. The highest BCUT2D eigenvalue weighted by molar-refractivity contribution is 7.10. The quantitative estimate of drug-likeness (QED) is 0.719. The van der Waals surface area contributed by atoms with Gasteiger partial charge in [-0.25, -0.2) is 4.98 Å². The zero-order valence-corrected chi connectivity index (χ0v) is 13.5. The minimum atomic E-state index is -0.354. The topological polar surface area (TPSA) is 71.1 Å². The molecule has 2 aromatic carbocycles. The molecule has 0 bridgehead atoms. The van der Waals surface area contributed by atoms with Crippen LogP contribution in [0.15, 0.2) is 66.0 Å². The normalized spacial score (nSPS) is 10.2. The molecule has 0 saturated heterocycles. The minimum Gasteiger partial charge on any atom is -0.273 e. The fourth-order valence-electron chi connectivity index (χ4n) is 2.10. The molecular formula is C18H15N3O2S. The van der Waals surface area contributed by atoms with Gasteiger partial charge in [0.15, 0.2) is 0 Å². The molecule has 2 N–H and O–H groups in total. The van der Waals surface area contributed by atoms with Gasteiger partial charge in [0.2, 0.25) is 5.91 Å². The molecule has 0 aliphatic carbocycles. The number of carbonyl (C=O) groups excluding carboxylic acids is 2. The van der Waals surface area contributed by atoms with Crippen LogP contribution < -0.4 is 10.9 Å². The lowest BCUT2D eigenvalue weighted by molar-refractivity contribution is -0.121. The van der Waals surface area contributed by atoms with Crippen LogP contribution in [0.5, 0.6) is 0 Å². The first-order valence-electron chi connectivity index (χ1n) is 7.36. The summed E-state index contributed by atoms with van der Waals surface area (Å²) in [7, 11) is 0. The Labute approximate surface area is 143 Å². The van der Waals surface area contributed by atoms with E-state index in [0.29, 0.717) is 10.6 Å². The number of aromatic nitrogens is 1. The Morgan fingerprint density at radius 3 is 2.29 bits per heavy atom. The zero-order valence-electron chi connectivity index (χ0n) is 12.7. The highest BCUT2D eigenvalue weighted by atomic mass is 32.1. The molecule has 0 saturated carbocycles. The summed E-state index contributed by atoms with van der Waals surface area (Å²) in [6.45, 7) is 0. The molecule has 1 heterocycles. The van der Waals surface area contributed by atoms with Crippen molar-refractivity contribution in [2.24, 2.45) is 0 Å². The molecule has 3 aromatic rings. The van der Waals surface area contributed by atoms with E-state index in [0.717, 1.165) is 11.3 Å². The first-order valence-corrected chi connectivity index (χ1v) is 8.24. The van der Waals surface area contributed by atoms with Crippen molar-refractivity contribution in [1.82, 2.24) is 15.8 Å². The third kappa shape index (κ3) is 4.05. The third-order valence-electron chi connectivity index (χ3n) is 3.28. The van der Waals surface area contributed by atoms with E-state index in [9.17, 15) is 9.59 Å². The summed E-state index contributed by atoms with van der Waals surface area (Å²) in [6.07, 6.45) is 0.118. The number of nitrogens with one attached hydrogen (secondary N) is 2. The fraction of sp³-hybridized carbons (Fsp3) is 0.0556. The first kappa shape index (κ1) is 15.9. The van der Waals surface area contributed by atoms with Gasteiger partial charge in [0.25, 0.3) is 5.91 Å². The lowest BCUT2D eigenvalue weighted by Gasteiger charge is -2.06. The van der Waals surface area contributed by atoms with Crippen LogP contribution in [0.1, 0.15) is 15.4 Å². The molecule has 0 fully saturated rings. The lowest BCUT2D eigenvalue weighted by Crippen LogP contribution is -2.42. The maximum absolute atomic E-state index is 11.9. The standard InChI is InChI=1S/C18H15N3O2S/c22-16(20-21-18(23)14-9-5-2-6-10-14)11-17-19-15(12-24-17)13-7-3-1-4-8-13/h1-10,12H,11H2,(H,20,22)(H,21,23). The first-order chi connectivity index (χ1) is 11.7. The number of thiazole rings is 1. The molecule has 0 aliphatic rings. The van der Waals surface area contributed by atoms with Gasteiger partial charge < -0.3 is 0 Å². The van der Waals surface area contributed by atoms with Crippen LogP contribution in [0.4, 0.5) is 0 Å². The van der Waals surface area contributed by atoms with Gasteiger partial charge >= 0.3 is 0 Å². The van der Waals surface area contributed by atoms with Crippen molar-refractivity contribution in [3.05, 3.63) is 76.6 Å². The van der Waals surface area contributed by atoms with Crippen molar-refractivity contribution in [3.63, 3.8) is 0 Å². The van der Waals surface area contributed by atoms with E-state index in [4.69, 9.17) is 0 Å². The molecule has 6 heteroatoms. The molecule has 0 atom stereocenters. The number of nitrogens with zero attached hydrogens (tertiary/aromatic N) is 1. The average molecular weight is 337 g/mol. The number of hydrogen-bond donors (Lipinski definition) is 2. The van der Waals surface area contributed by atoms with Gasteiger partial charge in [0.05, 0.1) is 12.1 Å². The van der Waals surface area contributed by atoms with Gasteiger partial charge in [-0.2, -0.15) is 0 Å². The zero-order chi connectivity index (χ0) is 16.8. The van der Waals surface area contributed by atoms with Gasteiger partial charge in [-0.15, -0.1) is 11.3 Å². The fourth-order valence-corrected chi connectivity index (χ4v) is 2.91. The smallest absolute Gasteiger partial charge is 0.269 e. The average Bonchev–Trinajstić information content (AvgIpc) is 3.09. The van der Waals surface area contributed by atoms with Crippen molar-refractivity contribution in [1.29, 1.82) is 0 Å². The van der Waals surface area contributed by atoms with Crippen molar-refractivity contribution >= 4 is 23.2 Å². The number of hydrogen-bond acceptors (Lipinski definition) is 4. The van der Waals surface area contributed by atoms with Crippen LogP contribution >= 0.6 is 11.3 Å². The summed E-state index contributed by atoms with van der Waals surface area (Å²) in [5.41, 5.74) is 7.14. The monoisotopic (exact) mass is 337 g/mol. The molecule has 0 spiro atoms. The highest BCUT2D eigenvalue weighted by Crippen LogP contribution is 2.21. The van der Waals surface area contributed by atoms with Gasteiger partial charge in [-0.1, -0.05) is 48.5 Å². The Morgan fingerprint density at radius 1 is 0.917 bits per heavy atom. The molecule has 3 rings (SSSR count). The SMILES string of the molecule is O=C(Cc1nc(-c2ccccc2)cs1)NNC(=O)c1ccccc1. The molecule has 5 nitrogen and oxygen atoms in total. The third-order valence-corrected chi connectivity index (χ3v) is 4.13. The number of amides is 2. The molecule has 2 amide bonds. The maximum atomic E-state index is 11.9. The minimum absolute atomic E-state index is 0.118. The Morgan fingerprint density at radius 2 is 1.58 bits per heavy atom.